The number of allylic oxidation sites excluding steroid dienone is 1. The fraction of sp³-hybridized carbons (Fsp3) is 0.143. The van der Waals surface area contributed by atoms with Crippen LogP contribution < -0.4 is 19.6 Å². The minimum Gasteiger partial charge on any atom is -0.506 e. The highest BCUT2D eigenvalue weighted by Gasteiger charge is 2.32. The summed E-state index contributed by atoms with van der Waals surface area (Å²) < 4.78 is 9.62. The van der Waals surface area contributed by atoms with Crippen molar-refractivity contribution < 1.29 is 9.84 Å². The van der Waals surface area contributed by atoms with E-state index in [0.29, 0.717) is 14.9 Å². The predicted molar refractivity (Wildman–Crippen MR) is 159 cm³/mol. The van der Waals surface area contributed by atoms with Crippen molar-refractivity contribution >= 4 is 68.3 Å². The summed E-state index contributed by atoms with van der Waals surface area (Å²) in [4.78, 5) is 19.6. The molecule has 0 saturated carbocycles. The first-order valence-electron chi connectivity index (χ1n) is 11.4. The van der Waals surface area contributed by atoms with Gasteiger partial charge >= 0.3 is 0 Å². The zero-order valence-electron chi connectivity index (χ0n) is 19.2. The summed E-state index contributed by atoms with van der Waals surface area (Å²) in [6.45, 7) is 0. The standard InChI is InChI=1S/C28H20I2N2O3S/c1-35-19-7-4-6-16(12-19)25-21-10-9-15-5-2-3-8-20(15)24(21)31-28-32(25)27(34)23(36-28)13-17-11-18(29)14-22(30)26(17)33/h2-8,11-14,25,33H,9-10H2,1H3/b23-13+/t25-/m1/s1. The van der Waals surface area contributed by atoms with E-state index >= 15 is 0 Å². The van der Waals surface area contributed by atoms with Crippen molar-refractivity contribution in [1.82, 2.24) is 4.57 Å². The molecule has 1 N–H and O–H groups in total. The van der Waals surface area contributed by atoms with Gasteiger partial charge in [-0.3, -0.25) is 9.36 Å². The van der Waals surface area contributed by atoms with Gasteiger partial charge in [0.1, 0.15) is 11.5 Å². The molecular weight excluding hydrogens is 698 g/mol. The summed E-state index contributed by atoms with van der Waals surface area (Å²) in [7, 11) is 1.65. The van der Waals surface area contributed by atoms with E-state index in [1.807, 2.05) is 41.0 Å². The molecule has 3 aromatic carbocycles. The lowest BCUT2D eigenvalue weighted by molar-refractivity contribution is 0.413. The summed E-state index contributed by atoms with van der Waals surface area (Å²) in [6, 6.07) is 19.8. The Morgan fingerprint density at radius 3 is 2.78 bits per heavy atom. The van der Waals surface area contributed by atoms with E-state index in [0.717, 1.165) is 48.1 Å². The van der Waals surface area contributed by atoms with Crippen molar-refractivity contribution in [3.63, 3.8) is 0 Å². The molecule has 0 saturated heterocycles. The molecule has 2 aliphatic rings. The largest absolute Gasteiger partial charge is 0.506 e. The Balaban J connectivity index is 1.64. The molecule has 5 nitrogen and oxygen atoms in total. The van der Waals surface area contributed by atoms with Gasteiger partial charge in [-0.2, -0.15) is 0 Å². The number of aryl methyl sites for hydroxylation is 1. The fourth-order valence-electron chi connectivity index (χ4n) is 4.97. The van der Waals surface area contributed by atoms with Gasteiger partial charge in [0.05, 0.1) is 27.0 Å². The molecule has 8 heteroatoms. The van der Waals surface area contributed by atoms with E-state index in [9.17, 15) is 9.90 Å². The molecule has 0 unspecified atom stereocenters. The third-order valence-electron chi connectivity index (χ3n) is 6.63. The summed E-state index contributed by atoms with van der Waals surface area (Å²) in [5, 5.41) is 10.7. The first kappa shape index (κ1) is 23.9. The van der Waals surface area contributed by atoms with Crippen LogP contribution in [-0.4, -0.2) is 16.8 Å². The Labute approximate surface area is 238 Å². The number of aromatic nitrogens is 1. The molecule has 0 spiro atoms. The first-order valence-corrected chi connectivity index (χ1v) is 14.4. The number of fused-ring (bicyclic) bond motifs is 3. The van der Waals surface area contributed by atoms with Gasteiger partial charge < -0.3 is 9.84 Å². The highest BCUT2D eigenvalue weighted by atomic mass is 127. The highest BCUT2D eigenvalue weighted by Crippen LogP contribution is 2.41. The minimum absolute atomic E-state index is 0.106. The van der Waals surface area contributed by atoms with Crippen molar-refractivity contribution in [2.45, 2.75) is 18.9 Å². The number of hydrogen-bond donors (Lipinski definition) is 1. The Morgan fingerprint density at radius 2 is 1.94 bits per heavy atom. The molecule has 1 aromatic heterocycles. The number of rotatable bonds is 3. The number of ether oxygens (including phenoxy) is 1. The van der Waals surface area contributed by atoms with Crippen LogP contribution in [0.2, 0.25) is 0 Å². The van der Waals surface area contributed by atoms with Crippen LogP contribution in [-0.2, 0) is 6.42 Å². The molecule has 0 amide bonds. The second-order valence-electron chi connectivity index (χ2n) is 8.72. The molecule has 36 heavy (non-hydrogen) atoms. The number of nitrogens with zero attached hydrogens (tertiary/aromatic N) is 2. The second kappa shape index (κ2) is 9.46. The number of phenolic OH excluding ortho intramolecular Hbond substituents is 1. The average Bonchev–Trinajstić information content (AvgIpc) is 3.20. The summed E-state index contributed by atoms with van der Waals surface area (Å²) in [6.07, 6.45) is 3.52. The topological polar surface area (TPSA) is 63.8 Å². The van der Waals surface area contributed by atoms with Crippen molar-refractivity contribution in [2.24, 2.45) is 4.99 Å². The van der Waals surface area contributed by atoms with Crippen LogP contribution in [0.4, 0.5) is 0 Å². The van der Waals surface area contributed by atoms with Crippen LogP contribution in [0.25, 0.3) is 11.8 Å². The Hall–Kier alpha value is -2.44. The highest BCUT2D eigenvalue weighted by molar-refractivity contribution is 14.1. The Morgan fingerprint density at radius 1 is 1.11 bits per heavy atom. The first-order chi connectivity index (χ1) is 17.4. The normalized spacial score (nSPS) is 16.8. The maximum Gasteiger partial charge on any atom is 0.271 e. The van der Waals surface area contributed by atoms with Crippen molar-refractivity contribution in [2.75, 3.05) is 7.11 Å². The number of aromatic hydroxyl groups is 1. The van der Waals surface area contributed by atoms with Gasteiger partial charge in [-0.1, -0.05) is 47.7 Å². The van der Waals surface area contributed by atoms with E-state index in [4.69, 9.17) is 9.73 Å². The number of halogens is 2. The van der Waals surface area contributed by atoms with E-state index in [-0.39, 0.29) is 17.4 Å². The third-order valence-corrected chi connectivity index (χ3v) is 9.05. The lowest BCUT2D eigenvalue weighted by Crippen LogP contribution is -2.38. The Bertz CT molecular complexity index is 1750. The number of benzene rings is 3. The molecule has 1 aliphatic heterocycles. The molecule has 180 valence electrons. The van der Waals surface area contributed by atoms with E-state index in [1.165, 1.54) is 16.9 Å². The zero-order valence-corrected chi connectivity index (χ0v) is 24.3. The molecule has 4 aromatic rings. The number of hydrogen-bond acceptors (Lipinski definition) is 5. The van der Waals surface area contributed by atoms with Crippen molar-refractivity contribution in [1.29, 1.82) is 0 Å². The van der Waals surface area contributed by atoms with Gasteiger partial charge in [-0.25, -0.2) is 4.99 Å². The molecule has 0 fully saturated rings. The quantitative estimate of drug-likeness (QED) is 0.295. The van der Waals surface area contributed by atoms with Gasteiger partial charge in [0, 0.05) is 14.7 Å². The molecular formula is C28H20I2N2O3S. The van der Waals surface area contributed by atoms with E-state index in [2.05, 4.69) is 69.4 Å². The number of methoxy groups -OCH3 is 1. The zero-order chi connectivity index (χ0) is 25.0. The Kier molecular flexibility index (Phi) is 6.29. The monoisotopic (exact) mass is 718 g/mol. The van der Waals surface area contributed by atoms with Crippen LogP contribution in [0.15, 0.2) is 76.0 Å². The van der Waals surface area contributed by atoms with Crippen LogP contribution >= 0.6 is 56.5 Å². The smallest absolute Gasteiger partial charge is 0.271 e. The fourth-order valence-corrected chi connectivity index (χ4v) is 7.85. The molecule has 1 aliphatic carbocycles. The molecule has 1 atom stereocenters. The summed E-state index contributed by atoms with van der Waals surface area (Å²) >= 11 is 5.70. The average molecular weight is 718 g/mol. The van der Waals surface area contributed by atoms with E-state index < -0.39 is 0 Å². The van der Waals surface area contributed by atoms with Gasteiger partial charge in [0.15, 0.2) is 4.80 Å². The minimum atomic E-state index is -0.272. The van der Waals surface area contributed by atoms with Crippen LogP contribution in [0.1, 0.15) is 34.7 Å². The van der Waals surface area contributed by atoms with Gasteiger partial charge in [-0.15, -0.1) is 0 Å². The summed E-state index contributed by atoms with van der Waals surface area (Å²) in [5.41, 5.74) is 6.04. The van der Waals surface area contributed by atoms with Gasteiger partial charge in [-0.05, 0) is 105 Å². The van der Waals surface area contributed by atoms with Crippen LogP contribution in [0.5, 0.6) is 11.5 Å². The van der Waals surface area contributed by atoms with Crippen molar-refractivity contribution in [3.05, 3.63) is 115 Å². The third kappa shape index (κ3) is 4.03. The second-order valence-corrected chi connectivity index (χ2v) is 12.1. The van der Waals surface area contributed by atoms with Crippen LogP contribution in [0, 0.1) is 7.14 Å². The maximum atomic E-state index is 13.9. The predicted octanol–water partition coefficient (Wildman–Crippen LogP) is 5.24. The maximum absolute atomic E-state index is 13.9. The SMILES string of the molecule is COc1cccc([C@@H]2C3=C(N=c4s/c(=C/c5cc(I)cc(I)c5O)c(=O)n42)c2ccccc2CC3)c1. The van der Waals surface area contributed by atoms with Gasteiger partial charge in [0.2, 0.25) is 0 Å². The molecule has 6 rings (SSSR count). The number of phenols is 1. The lowest BCUT2D eigenvalue weighted by atomic mass is 9.83. The van der Waals surface area contributed by atoms with Crippen molar-refractivity contribution in [3.8, 4) is 11.5 Å². The lowest BCUT2D eigenvalue weighted by Gasteiger charge is -2.31. The number of thiazole rings is 1. The molecule has 2 heterocycles. The van der Waals surface area contributed by atoms with Gasteiger partial charge in [0.25, 0.3) is 5.56 Å². The van der Waals surface area contributed by atoms with E-state index in [1.54, 1.807) is 13.2 Å². The van der Waals surface area contributed by atoms with Crippen LogP contribution in [0.3, 0.4) is 0 Å². The molecule has 0 radical (unpaired) electrons. The summed E-state index contributed by atoms with van der Waals surface area (Å²) in [5.74, 6) is 0.933. The molecule has 0 bridgehead atoms.